The molecular formula is C15H8BrCl3SZr. The first-order chi connectivity index (χ1) is 8.33. The van der Waals surface area contributed by atoms with Crippen molar-refractivity contribution < 1.29 is 63.4 Å². The molecule has 0 atom stereocenters. The molecule has 0 saturated heterocycles. The van der Waals surface area contributed by atoms with Crippen molar-refractivity contribution in [2.24, 2.45) is 0 Å². The van der Waals surface area contributed by atoms with Crippen molar-refractivity contribution in [2.75, 3.05) is 0 Å². The molecule has 3 aromatic rings. The minimum absolute atomic E-state index is 0. The Morgan fingerprint density at radius 1 is 1.10 bits per heavy atom. The van der Waals surface area contributed by atoms with Crippen molar-refractivity contribution in [3.8, 4) is 10.4 Å². The number of halogens is 4. The average molecular weight is 498 g/mol. The van der Waals surface area contributed by atoms with Crippen LogP contribution < -0.4 is 37.2 Å². The minimum atomic E-state index is 0. The number of rotatable bonds is 0. The van der Waals surface area contributed by atoms with E-state index in [1.807, 2.05) is 17.4 Å². The van der Waals surface area contributed by atoms with Gasteiger partial charge in [0, 0.05) is 9.17 Å². The van der Waals surface area contributed by atoms with Crippen LogP contribution >= 0.6 is 27.3 Å². The Balaban J connectivity index is 0.000001000. The van der Waals surface area contributed by atoms with Crippen LogP contribution in [-0.2, 0) is 32.6 Å². The van der Waals surface area contributed by atoms with Gasteiger partial charge in [0.2, 0.25) is 0 Å². The van der Waals surface area contributed by atoms with E-state index in [1.54, 1.807) is 0 Å². The van der Waals surface area contributed by atoms with Crippen LogP contribution in [0, 0.1) is 6.07 Å². The molecule has 1 aliphatic carbocycles. The first-order valence-electron chi connectivity index (χ1n) is 5.54. The van der Waals surface area contributed by atoms with Gasteiger partial charge in [0.05, 0.1) is 0 Å². The van der Waals surface area contributed by atoms with Gasteiger partial charge in [-0.3, -0.25) is 0 Å². The molecule has 0 aliphatic heterocycles. The summed E-state index contributed by atoms with van der Waals surface area (Å²) in [7, 11) is 0. The predicted molar refractivity (Wildman–Crippen MR) is 76.6 cm³/mol. The Morgan fingerprint density at radius 3 is 2.62 bits per heavy atom. The molecule has 0 fully saturated rings. The van der Waals surface area contributed by atoms with Crippen LogP contribution in [0.4, 0.5) is 0 Å². The van der Waals surface area contributed by atoms with Gasteiger partial charge in [0.25, 0.3) is 0 Å². The van der Waals surface area contributed by atoms with Crippen LogP contribution in [0.2, 0.25) is 0 Å². The maximum Gasteiger partial charge on any atom is 4.00 e. The van der Waals surface area contributed by atoms with Crippen molar-refractivity contribution in [3.63, 3.8) is 0 Å². The van der Waals surface area contributed by atoms with Crippen LogP contribution in [0.15, 0.2) is 40.9 Å². The van der Waals surface area contributed by atoms with E-state index in [1.165, 1.54) is 31.7 Å². The van der Waals surface area contributed by atoms with Gasteiger partial charge in [-0.05, 0) is 40.4 Å². The van der Waals surface area contributed by atoms with E-state index in [4.69, 9.17) is 0 Å². The van der Waals surface area contributed by atoms with Gasteiger partial charge in [0.1, 0.15) is 0 Å². The molecule has 0 unspecified atom stereocenters. The Bertz CT molecular complexity index is 758. The van der Waals surface area contributed by atoms with Crippen molar-refractivity contribution >= 4 is 37.4 Å². The molecule has 0 radical (unpaired) electrons. The molecule has 1 heterocycles. The summed E-state index contributed by atoms with van der Waals surface area (Å²) in [5.41, 5.74) is 4.19. The Kier molecular flexibility index (Phi) is 8.73. The molecule has 1 aliphatic rings. The number of hydrogen-bond donors (Lipinski definition) is 0. The zero-order chi connectivity index (χ0) is 11.4. The fraction of sp³-hybridized carbons (Fsp3) is 0.0667. The van der Waals surface area contributed by atoms with Crippen LogP contribution in [0.1, 0.15) is 11.1 Å². The van der Waals surface area contributed by atoms with Gasteiger partial charge >= 0.3 is 26.2 Å². The Labute approximate surface area is 174 Å². The quantitative estimate of drug-likeness (QED) is 0.218. The summed E-state index contributed by atoms with van der Waals surface area (Å²) in [6.45, 7) is 0. The molecule has 6 heteroatoms. The third-order valence-electron chi connectivity index (χ3n) is 3.29. The second-order valence-corrected chi connectivity index (χ2v) is 6.26. The van der Waals surface area contributed by atoms with E-state index in [2.05, 4.69) is 52.3 Å². The van der Waals surface area contributed by atoms with Crippen molar-refractivity contribution in [1.29, 1.82) is 0 Å². The number of benzene rings is 2. The molecular weight excluding hydrogens is 490 g/mol. The number of hydrogen-bond acceptors (Lipinski definition) is 1. The third-order valence-corrected chi connectivity index (χ3v) is 5.03. The van der Waals surface area contributed by atoms with Crippen molar-refractivity contribution in [1.82, 2.24) is 0 Å². The van der Waals surface area contributed by atoms with Crippen molar-refractivity contribution in [2.45, 2.75) is 6.42 Å². The minimum Gasteiger partial charge on any atom is -1.00 e. The molecule has 0 nitrogen and oxygen atoms in total. The summed E-state index contributed by atoms with van der Waals surface area (Å²) in [5, 5.41) is 1.39. The summed E-state index contributed by atoms with van der Waals surface area (Å²) in [6.07, 6.45) is 1.03. The zero-order valence-corrected chi connectivity index (χ0v) is 17.7. The number of thiophene rings is 1. The molecule has 0 bridgehead atoms. The predicted octanol–water partition coefficient (Wildman–Crippen LogP) is -3.96. The monoisotopic (exact) mass is 494 g/mol. The first-order valence-corrected chi connectivity index (χ1v) is 7.15. The van der Waals surface area contributed by atoms with Crippen LogP contribution in [0.5, 0.6) is 0 Å². The van der Waals surface area contributed by atoms with E-state index in [9.17, 15) is 0 Å². The van der Waals surface area contributed by atoms with Gasteiger partial charge < -0.3 is 37.2 Å². The van der Waals surface area contributed by atoms with Gasteiger partial charge in [-0.1, -0.05) is 15.9 Å². The molecule has 21 heavy (non-hydrogen) atoms. The van der Waals surface area contributed by atoms with E-state index >= 15 is 0 Å². The van der Waals surface area contributed by atoms with Gasteiger partial charge in [-0.15, -0.1) is 22.5 Å². The van der Waals surface area contributed by atoms with Gasteiger partial charge in [-0.25, -0.2) is 0 Å². The third kappa shape index (κ3) is 3.60. The fourth-order valence-electron chi connectivity index (χ4n) is 2.52. The summed E-state index contributed by atoms with van der Waals surface area (Å²) in [6, 6.07) is 16.2. The summed E-state index contributed by atoms with van der Waals surface area (Å²) < 4.78 is 2.54. The standard InChI is InChI=1S/C15H8BrS.3ClH.Zr/c16-10-5-6-14-12(8-10)13-7-9-3-1-2-4-11(9)15(13)17-14;;;;/h1-2,4-6,8H,7H2;3*1H;/q-1;;;;+4/p-3. The summed E-state index contributed by atoms with van der Waals surface area (Å²) in [4.78, 5) is 1.44. The fourth-order valence-corrected chi connectivity index (χ4v) is 4.14. The zero-order valence-electron chi connectivity index (χ0n) is 10.6. The van der Waals surface area contributed by atoms with E-state index in [0.717, 1.165) is 10.9 Å². The van der Waals surface area contributed by atoms with E-state index < -0.39 is 0 Å². The topological polar surface area (TPSA) is 0 Å². The molecule has 0 spiro atoms. The van der Waals surface area contributed by atoms with Crippen LogP contribution in [0.25, 0.3) is 20.5 Å². The maximum absolute atomic E-state index is 3.56. The van der Waals surface area contributed by atoms with E-state index in [-0.39, 0.29) is 63.4 Å². The molecule has 1 aromatic heterocycles. The molecule has 4 rings (SSSR count). The molecule has 0 saturated carbocycles. The number of fused-ring (bicyclic) bond motifs is 5. The van der Waals surface area contributed by atoms with Gasteiger partial charge in [-0.2, -0.15) is 24.3 Å². The molecule has 0 amide bonds. The maximum atomic E-state index is 3.56. The van der Waals surface area contributed by atoms with Crippen molar-refractivity contribution in [3.05, 3.63) is 58.1 Å². The van der Waals surface area contributed by atoms with E-state index in [0.29, 0.717) is 0 Å². The first kappa shape index (κ1) is 21.6. The molecule has 106 valence electrons. The SMILES string of the molecule is Brc1ccc2sc3c(c2c1)Cc1[c-]cccc1-3.[Cl-].[Cl-].[Cl-].[Zr+4]. The smallest absolute Gasteiger partial charge is 1.00 e. The Morgan fingerprint density at radius 2 is 1.86 bits per heavy atom. The summed E-state index contributed by atoms with van der Waals surface area (Å²) in [5.74, 6) is 0. The normalized spacial score (nSPS) is 10.3. The molecule has 2 aromatic carbocycles. The largest absolute Gasteiger partial charge is 4.00 e. The molecule has 0 N–H and O–H groups in total. The average Bonchev–Trinajstić information content (AvgIpc) is 2.85. The Hall–Kier alpha value is 0.633. The summed E-state index contributed by atoms with van der Waals surface area (Å²) >= 11 is 5.45. The second kappa shape index (κ2) is 8.48. The van der Waals surface area contributed by atoms with Crippen LogP contribution in [0.3, 0.4) is 0 Å². The second-order valence-electron chi connectivity index (χ2n) is 4.29. The van der Waals surface area contributed by atoms with Gasteiger partial charge in [0.15, 0.2) is 0 Å². The van der Waals surface area contributed by atoms with Crippen LogP contribution in [-0.4, -0.2) is 0 Å².